The molecule has 0 aliphatic carbocycles. The number of nitrogens with zero attached hydrogens (tertiary/aromatic N) is 1. The molecule has 0 spiro atoms. The Bertz CT molecular complexity index is 418. The molecule has 0 fully saturated rings. The maximum absolute atomic E-state index is 11.7. The fourth-order valence-electron chi connectivity index (χ4n) is 1.67. The van der Waals surface area contributed by atoms with Gasteiger partial charge in [0.25, 0.3) is 5.91 Å². The predicted octanol–water partition coefficient (Wildman–Crippen LogP) is 1.65. The standard InChI is InChI=1S/C15H25N3O2/c1-5-12(16)8-13-6-7-14(9-17-13)20-11(4)15(19)18-10(2)3/h6-7,9-12H,5,8,16H2,1-4H3,(H,18,19). The Labute approximate surface area is 120 Å². The van der Waals surface area contributed by atoms with Crippen molar-refractivity contribution in [1.82, 2.24) is 10.3 Å². The monoisotopic (exact) mass is 279 g/mol. The smallest absolute Gasteiger partial charge is 0.260 e. The molecule has 1 rings (SSSR count). The van der Waals surface area contributed by atoms with Gasteiger partial charge in [0.15, 0.2) is 6.10 Å². The van der Waals surface area contributed by atoms with Crippen LogP contribution in [0.2, 0.25) is 0 Å². The zero-order valence-corrected chi connectivity index (χ0v) is 12.7. The van der Waals surface area contributed by atoms with Crippen molar-refractivity contribution in [3.05, 3.63) is 24.0 Å². The number of rotatable bonds is 7. The van der Waals surface area contributed by atoms with Gasteiger partial charge in [0.05, 0.1) is 6.20 Å². The van der Waals surface area contributed by atoms with Crippen molar-refractivity contribution >= 4 is 5.91 Å². The minimum atomic E-state index is -0.539. The lowest BCUT2D eigenvalue weighted by Gasteiger charge is -2.16. The summed E-state index contributed by atoms with van der Waals surface area (Å²) in [5.74, 6) is 0.460. The lowest BCUT2D eigenvalue weighted by Crippen LogP contribution is -2.40. The summed E-state index contributed by atoms with van der Waals surface area (Å²) in [5, 5.41) is 2.81. The number of amides is 1. The Morgan fingerprint density at radius 2 is 2.10 bits per heavy atom. The van der Waals surface area contributed by atoms with Gasteiger partial charge >= 0.3 is 0 Å². The number of nitrogens with one attached hydrogen (secondary N) is 1. The van der Waals surface area contributed by atoms with Gasteiger partial charge in [0.2, 0.25) is 0 Å². The van der Waals surface area contributed by atoms with E-state index in [1.165, 1.54) is 0 Å². The van der Waals surface area contributed by atoms with E-state index in [0.29, 0.717) is 5.75 Å². The SMILES string of the molecule is CCC(N)Cc1ccc(OC(C)C(=O)NC(C)C)cn1. The molecule has 20 heavy (non-hydrogen) atoms. The Kier molecular flexibility index (Phi) is 6.45. The third-order valence-electron chi connectivity index (χ3n) is 2.91. The number of carbonyl (C=O) groups is 1. The molecule has 1 heterocycles. The van der Waals surface area contributed by atoms with Crippen molar-refractivity contribution in [2.75, 3.05) is 0 Å². The molecule has 1 aromatic rings. The van der Waals surface area contributed by atoms with Crippen molar-refractivity contribution in [2.45, 2.75) is 58.7 Å². The highest BCUT2D eigenvalue weighted by atomic mass is 16.5. The first-order chi connectivity index (χ1) is 9.42. The predicted molar refractivity (Wildman–Crippen MR) is 79.6 cm³/mol. The quantitative estimate of drug-likeness (QED) is 0.795. The second-order valence-electron chi connectivity index (χ2n) is 5.28. The summed E-state index contributed by atoms with van der Waals surface area (Å²) in [6, 6.07) is 3.94. The number of pyridine rings is 1. The van der Waals surface area contributed by atoms with Crippen molar-refractivity contribution in [3.8, 4) is 5.75 Å². The van der Waals surface area contributed by atoms with E-state index in [4.69, 9.17) is 10.5 Å². The zero-order valence-electron chi connectivity index (χ0n) is 12.7. The van der Waals surface area contributed by atoms with E-state index in [0.717, 1.165) is 18.5 Å². The molecular formula is C15H25N3O2. The number of hydrogen-bond acceptors (Lipinski definition) is 4. The molecule has 1 aromatic heterocycles. The van der Waals surface area contributed by atoms with Gasteiger partial charge in [-0.05, 0) is 39.3 Å². The van der Waals surface area contributed by atoms with Gasteiger partial charge in [-0.25, -0.2) is 0 Å². The fraction of sp³-hybridized carbons (Fsp3) is 0.600. The van der Waals surface area contributed by atoms with Gasteiger partial charge in [-0.15, -0.1) is 0 Å². The summed E-state index contributed by atoms with van der Waals surface area (Å²) in [5.41, 5.74) is 6.82. The lowest BCUT2D eigenvalue weighted by atomic mass is 10.1. The summed E-state index contributed by atoms with van der Waals surface area (Å²) in [6.45, 7) is 7.60. The molecule has 112 valence electrons. The Morgan fingerprint density at radius 1 is 1.40 bits per heavy atom. The van der Waals surface area contributed by atoms with E-state index < -0.39 is 6.10 Å². The van der Waals surface area contributed by atoms with Crippen LogP contribution in [-0.4, -0.2) is 29.1 Å². The second kappa shape index (κ2) is 7.85. The van der Waals surface area contributed by atoms with Gasteiger partial charge in [-0.3, -0.25) is 9.78 Å². The third kappa shape index (κ3) is 5.57. The van der Waals surface area contributed by atoms with Crippen LogP contribution in [0, 0.1) is 0 Å². The number of ether oxygens (including phenoxy) is 1. The number of aromatic nitrogens is 1. The first-order valence-corrected chi connectivity index (χ1v) is 7.10. The molecule has 2 unspecified atom stereocenters. The van der Waals surface area contributed by atoms with Crippen LogP contribution in [0.25, 0.3) is 0 Å². The van der Waals surface area contributed by atoms with E-state index in [-0.39, 0.29) is 18.0 Å². The molecule has 0 aliphatic heterocycles. The van der Waals surface area contributed by atoms with Crippen LogP contribution in [0.3, 0.4) is 0 Å². The van der Waals surface area contributed by atoms with Gasteiger partial charge in [-0.2, -0.15) is 0 Å². The molecule has 3 N–H and O–H groups in total. The molecule has 0 saturated heterocycles. The largest absolute Gasteiger partial charge is 0.479 e. The summed E-state index contributed by atoms with van der Waals surface area (Å²) < 4.78 is 5.56. The highest BCUT2D eigenvalue weighted by Gasteiger charge is 2.15. The van der Waals surface area contributed by atoms with Gasteiger partial charge in [0.1, 0.15) is 5.75 Å². The van der Waals surface area contributed by atoms with E-state index in [9.17, 15) is 4.79 Å². The molecule has 1 amide bonds. The van der Waals surface area contributed by atoms with Crippen LogP contribution in [0.4, 0.5) is 0 Å². The average Bonchev–Trinajstić information content (AvgIpc) is 2.40. The lowest BCUT2D eigenvalue weighted by molar-refractivity contribution is -0.127. The van der Waals surface area contributed by atoms with Crippen LogP contribution < -0.4 is 15.8 Å². The van der Waals surface area contributed by atoms with Crippen LogP contribution in [0.15, 0.2) is 18.3 Å². The minimum absolute atomic E-state index is 0.101. The summed E-state index contributed by atoms with van der Waals surface area (Å²) in [7, 11) is 0. The summed E-state index contributed by atoms with van der Waals surface area (Å²) in [6.07, 6.45) is 2.77. The maximum Gasteiger partial charge on any atom is 0.260 e. The van der Waals surface area contributed by atoms with Crippen molar-refractivity contribution < 1.29 is 9.53 Å². The zero-order chi connectivity index (χ0) is 15.1. The molecule has 0 aliphatic rings. The normalized spacial score (nSPS) is 13.9. The summed E-state index contributed by atoms with van der Waals surface area (Å²) >= 11 is 0. The van der Waals surface area contributed by atoms with E-state index in [2.05, 4.69) is 17.2 Å². The third-order valence-corrected chi connectivity index (χ3v) is 2.91. The Balaban J connectivity index is 2.54. The van der Waals surface area contributed by atoms with Crippen molar-refractivity contribution in [3.63, 3.8) is 0 Å². The molecule has 0 bridgehead atoms. The highest BCUT2D eigenvalue weighted by molar-refractivity contribution is 5.80. The number of carbonyl (C=O) groups excluding carboxylic acids is 1. The van der Waals surface area contributed by atoms with Gasteiger partial charge < -0.3 is 15.8 Å². The fourth-order valence-corrected chi connectivity index (χ4v) is 1.67. The van der Waals surface area contributed by atoms with Gasteiger partial charge in [0, 0.05) is 24.2 Å². The molecular weight excluding hydrogens is 254 g/mol. The number of hydrogen-bond donors (Lipinski definition) is 2. The second-order valence-corrected chi connectivity index (χ2v) is 5.28. The molecule has 5 heteroatoms. The van der Waals surface area contributed by atoms with Crippen molar-refractivity contribution in [2.24, 2.45) is 5.73 Å². The van der Waals surface area contributed by atoms with Crippen molar-refractivity contribution in [1.29, 1.82) is 0 Å². The van der Waals surface area contributed by atoms with Crippen LogP contribution >= 0.6 is 0 Å². The first kappa shape index (κ1) is 16.4. The Hall–Kier alpha value is -1.62. The van der Waals surface area contributed by atoms with Crippen LogP contribution in [-0.2, 0) is 11.2 Å². The first-order valence-electron chi connectivity index (χ1n) is 7.10. The molecule has 0 saturated carbocycles. The maximum atomic E-state index is 11.7. The summed E-state index contributed by atoms with van der Waals surface area (Å²) in [4.78, 5) is 16.0. The molecule has 0 aromatic carbocycles. The van der Waals surface area contributed by atoms with E-state index in [1.54, 1.807) is 13.1 Å². The van der Waals surface area contributed by atoms with Gasteiger partial charge in [-0.1, -0.05) is 6.92 Å². The Morgan fingerprint density at radius 3 is 2.60 bits per heavy atom. The number of nitrogens with two attached hydrogens (primary N) is 1. The molecule has 2 atom stereocenters. The van der Waals surface area contributed by atoms with Crippen LogP contribution in [0.1, 0.15) is 39.8 Å². The van der Waals surface area contributed by atoms with E-state index in [1.807, 2.05) is 26.0 Å². The topological polar surface area (TPSA) is 77.2 Å². The highest BCUT2D eigenvalue weighted by Crippen LogP contribution is 2.12. The molecule has 0 radical (unpaired) electrons. The molecule has 5 nitrogen and oxygen atoms in total. The van der Waals surface area contributed by atoms with Crippen LogP contribution in [0.5, 0.6) is 5.75 Å². The van der Waals surface area contributed by atoms with E-state index >= 15 is 0 Å². The minimum Gasteiger partial charge on any atom is -0.479 e. The average molecular weight is 279 g/mol.